The Balaban J connectivity index is 0.00000243. The first-order valence-electron chi connectivity index (χ1n) is 7.79. The summed E-state index contributed by atoms with van der Waals surface area (Å²) < 4.78 is 38.9. The first kappa shape index (κ1) is 19.9. The van der Waals surface area contributed by atoms with Crippen molar-refractivity contribution >= 4 is 24.0 Å². The molecule has 1 aliphatic heterocycles. The summed E-state index contributed by atoms with van der Waals surface area (Å²) in [6.07, 6.45) is 0.537. The zero-order valence-electron chi connectivity index (χ0n) is 14.3. The van der Waals surface area contributed by atoms with E-state index >= 15 is 0 Å². The number of benzene rings is 2. The molecule has 0 unspecified atom stereocenters. The Labute approximate surface area is 156 Å². The van der Waals surface area contributed by atoms with Crippen molar-refractivity contribution in [3.8, 4) is 11.5 Å². The molecule has 0 saturated heterocycles. The zero-order chi connectivity index (χ0) is 18.0. The van der Waals surface area contributed by atoms with Crippen LogP contribution in [-0.2, 0) is 13.0 Å². The van der Waals surface area contributed by atoms with E-state index in [9.17, 15) is 13.6 Å². The van der Waals surface area contributed by atoms with Gasteiger partial charge in [-0.1, -0.05) is 6.07 Å². The maximum Gasteiger partial charge on any atom is 0.258 e. The normalized spacial score (nSPS) is 12.6. The van der Waals surface area contributed by atoms with Crippen LogP contribution in [0.25, 0.3) is 0 Å². The molecule has 1 amide bonds. The van der Waals surface area contributed by atoms with Crippen molar-refractivity contribution in [3.05, 3.63) is 52.6 Å². The van der Waals surface area contributed by atoms with Gasteiger partial charge in [-0.15, -0.1) is 12.4 Å². The molecule has 0 aliphatic carbocycles. The van der Waals surface area contributed by atoms with Crippen LogP contribution in [0.2, 0.25) is 0 Å². The lowest BCUT2D eigenvalue weighted by atomic mass is 9.99. The minimum atomic E-state index is -0.780. The van der Waals surface area contributed by atoms with E-state index in [1.807, 2.05) is 0 Å². The van der Waals surface area contributed by atoms with Crippen LogP contribution in [-0.4, -0.2) is 26.7 Å². The van der Waals surface area contributed by atoms with E-state index in [1.54, 1.807) is 6.07 Å². The molecule has 0 aromatic heterocycles. The predicted octanol–water partition coefficient (Wildman–Crippen LogP) is 3.30. The van der Waals surface area contributed by atoms with Gasteiger partial charge in [0.15, 0.2) is 11.5 Å². The number of halogens is 3. The summed E-state index contributed by atoms with van der Waals surface area (Å²) in [5.74, 6) is -1.63. The molecule has 0 spiro atoms. The second kappa shape index (κ2) is 8.33. The number of nitrogens with one attached hydrogen (secondary N) is 2. The summed E-state index contributed by atoms with van der Waals surface area (Å²) in [5, 5.41) is 5.59. The molecule has 0 radical (unpaired) electrons. The second-order valence-electron chi connectivity index (χ2n) is 5.63. The fourth-order valence-corrected chi connectivity index (χ4v) is 2.85. The first-order chi connectivity index (χ1) is 12.0. The Morgan fingerprint density at radius 1 is 1.15 bits per heavy atom. The van der Waals surface area contributed by atoms with Gasteiger partial charge in [0.2, 0.25) is 0 Å². The van der Waals surface area contributed by atoms with Crippen LogP contribution >= 0.6 is 12.4 Å². The molecular formula is C18H19ClF2N2O3. The number of carbonyl (C=O) groups is 1. The highest BCUT2D eigenvalue weighted by atomic mass is 35.5. The van der Waals surface area contributed by atoms with Crippen LogP contribution in [0.5, 0.6) is 11.5 Å². The van der Waals surface area contributed by atoms with E-state index < -0.39 is 17.5 Å². The second-order valence-corrected chi connectivity index (χ2v) is 5.63. The van der Waals surface area contributed by atoms with Crippen LogP contribution in [0.3, 0.4) is 0 Å². The molecule has 8 heteroatoms. The standard InChI is InChI=1S/C18H18F2N2O3.ClH/c1-24-15-7-12(13(19)8-16(15)25-2)18(23)22-14-4-3-10-9-21-6-5-11(10)17(14)20;/h3-4,7-8,21H,5-6,9H2,1-2H3,(H,22,23);1H. The van der Waals surface area contributed by atoms with Gasteiger partial charge in [0.05, 0.1) is 25.5 Å². The molecular weight excluding hydrogens is 366 g/mol. The van der Waals surface area contributed by atoms with E-state index in [1.165, 1.54) is 26.4 Å². The van der Waals surface area contributed by atoms with E-state index in [0.29, 0.717) is 25.1 Å². The van der Waals surface area contributed by atoms with E-state index in [-0.39, 0.29) is 35.2 Å². The molecule has 0 saturated carbocycles. The third-order valence-corrected chi connectivity index (χ3v) is 4.17. The highest BCUT2D eigenvalue weighted by Crippen LogP contribution is 2.31. The third kappa shape index (κ3) is 3.73. The minimum Gasteiger partial charge on any atom is -0.493 e. The number of ether oxygens (including phenoxy) is 2. The van der Waals surface area contributed by atoms with Gasteiger partial charge in [0.1, 0.15) is 11.6 Å². The summed E-state index contributed by atoms with van der Waals surface area (Å²) >= 11 is 0. The molecule has 3 rings (SSSR count). The van der Waals surface area contributed by atoms with Gasteiger partial charge in [-0.25, -0.2) is 8.78 Å². The number of methoxy groups -OCH3 is 2. The van der Waals surface area contributed by atoms with E-state index in [2.05, 4.69) is 10.6 Å². The molecule has 2 N–H and O–H groups in total. The molecule has 1 aliphatic rings. The fraction of sp³-hybridized carbons (Fsp3) is 0.278. The number of amides is 1. The summed E-state index contributed by atoms with van der Waals surface area (Å²) in [4.78, 5) is 12.4. The highest BCUT2D eigenvalue weighted by Gasteiger charge is 2.21. The Kier molecular flexibility index (Phi) is 6.39. The van der Waals surface area contributed by atoms with Crippen molar-refractivity contribution in [2.75, 3.05) is 26.1 Å². The molecule has 1 heterocycles. The quantitative estimate of drug-likeness (QED) is 0.849. The van der Waals surface area contributed by atoms with Crippen molar-refractivity contribution < 1.29 is 23.0 Å². The molecule has 26 heavy (non-hydrogen) atoms. The molecule has 0 bridgehead atoms. The Hall–Kier alpha value is -2.38. The van der Waals surface area contributed by atoms with Crippen LogP contribution in [0.4, 0.5) is 14.5 Å². The summed E-state index contributed by atoms with van der Waals surface area (Å²) in [6.45, 7) is 1.26. The predicted molar refractivity (Wildman–Crippen MR) is 96.5 cm³/mol. The number of fused-ring (bicyclic) bond motifs is 1. The lowest BCUT2D eigenvalue weighted by Crippen LogP contribution is -2.25. The maximum atomic E-state index is 14.6. The SMILES string of the molecule is COc1cc(F)c(C(=O)Nc2ccc3c(c2F)CCNC3)cc1OC.Cl. The van der Waals surface area contributed by atoms with Crippen molar-refractivity contribution in [3.63, 3.8) is 0 Å². The lowest BCUT2D eigenvalue weighted by molar-refractivity contribution is 0.102. The lowest BCUT2D eigenvalue weighted by Gasteiger charge is -2.19. The number of rotatable bonds is 4. The van der Waals surface area contributed by atoms with Gasteiger partial charge in [-0.05, 0) is 36.2 Å². The van der Waals surface area contributed by atoms with Gasteiger partial charge in [-0.3, -0.25) is 4.79 Å². The van der Waals surface area contributed by atoms with Crippen LogP contribution < -0.4 is 20.1 Å². The maximum absolute atomic E-state index is 14.6. The summed E-state index contributed by atoms with van der Waals surface area (Å²) in [5.41, 5.74) is 1.21. The number of hydrogen-bond donors (Lipinski definition) is 2. The average molecular weight is 385 g/mol. The van der Waals surface area contributed by atoms with Gasteiger partial charge >= 0.3 is 0 Å². The van der Waals surface area contributed by atoms with Crippen molar-refractivity contribution in [1.29, 1.82) is 0 Å². The average Bonchev–Trinajstić information content (AvgIpc) is 2.63. The molecule has 5 nitrogen and oxygen atoms in total. The molecule has 140 valence electrons. The van der Waals surface area contributed by atoms with Gasteiger partial charge in [-0.2, -0.15) is 0 Å². The van der Waals surface area contributed by atoms with E-state index in [0.717, 1.165) is 11.6 Å². The van der Waals surface area contributed by atoms with Crippen molar-refractivity contribution in [2.24, 2.45) is 0 Å². The fourth-order valence-electron chi connectivity index (χ4n) is 2.85. The van der Waals surface area contributed by atoms with Crippen LogP contribution in [0.1, 0.15) is 21.5 Å². The van der Waals surface area contributed by atoms with Crippen LogP contribution in [0.15, 0.2) is 24.3 Å². The van der Waals surface area contributed by atoms with Crippen LogP contribution in [0, 0.1) is 11.6 Å². The largest absolute Gasteiger partial charge is 0.493 e. The Morgan fingerprint density at radius 3 is 2.54 bits per heavy atom. The number of hydrogen-bond acceptors (Lipinski definition) is 4. The Bertz CT molecular complexity index is 831. The Morgan fingerprint density at radius 2 is 1.85 bits per heavy atom. The highest BCUT2D eigenvalue weighted by molar-refractivity contribution is 6.05. The molecule has 2 aromatic rings. The van der Waals surface area contributed by atoms with Crippen molar-refractivity contribution in [2.45, 2.75) is 13.0 Å². The first-order valence-corrected chi connectivity index (χ1v) is 7.79. The molecule has 0 atom stereocenters. The van der Waals surface area contributed by atoms with Crippen molar-refractivity contribution in [1.82, 2.24) is 5.32 Å². The number of carbonyl (C=O) groups excluding carboxylic acids is 1. The topological polar surface area (TPSA) is 59.6 Å². The number of anilines is 1. The molecule has 2 aromatic carbocycles. The summed E-state index contributed by atoms with van der Waals surface area (Å²) in [7, 11) is 2.75. The smallest absolute Gasteiger partial charge is 0.258 e. The van der Waals surface area contributed by atoms with Gasteiger partial charge in [0.25, 0.3) is 5.91 Å². The zero-order valence-corrected chi connectivity index (χ0v) is 15.1. The van der Waals surface area contributed by atoms with Gasteiger partial charge < -0.3 is 20.1 Å². The third-order valence-electron chi connectivity index (χ3n) is 4.17. The van der Waals surface area contributed by atoms with Gasteiger partial charge in [0, 0.05) is 12.6 Å². The minimum absolute atomic E-state index is 0. The molecule has 0 fully saturated rings. The van der Waals surface area contributed by atoms with E-state index in [4.69, 9.17) is 9.47 Å². The summed E-state index contributed by atoms with van der Waals surface area (Å²) in [6, 6.07) is 5.52. The monoisotopic (exact) mass is 384 g/mol.